The first-order valence-electron chi connectivity index (χ1n) is 14.2. The van der Waals surface area contributed by atoms with Crippen molar-refractivity contribution in [3.05, 3.63) is 58.9 Å². The van der Waals surface area contributed by atoms with Crippen LogP contribution in [-0.2, 0) is 35.5 Å². The number of hydrogen-bond acceptors (Lipinski definition) is 8. The van der Waals surface area contributed by atoms with Crippen LogP contribution >= 0.6 is 0 Å². The predicted octanol–water partition coefficient (Wildman–Crippen LogP) is 3.33. The molecule has 40 heavy (non-hydrogen) atoms. The molecule has 2 fully saturated rings. The second kappa shape index (κ2) is 11.9. The summed E-state index contributed by atoms with van der Waals surface area (Å²) in [7, 11) is 1.67. The van der Waals surface area contributed by atoms with Crippen molar-refractivity contribution < 1.29 is 18.7 Å². The van der Waals surface area contributed by atoms with E-state index in [2.05, 4.69) is 30.3 Å². The highest BCUT2D eigenvalue weighted by Gasteiger charge is 2.43. The van der Waals surface area contributed by atoms with Crippen LogP contribution in [0.4, 0.5) is 10.3 Å². The molecular weight excluding hydrogens is 513 g/mol. The van der Waals surface area contributed by atoms with Gasteiger partial charge in [0.05, 0.1) is 31.9 Å². The molecule has 0 bridgehead atoms. The molecule has 6 rings (SSSR count). The minimum absolute atomic E-state index is 0.0210. The van der Waals surface area contributed by atoms with Crippen molar-refractivity contribution in [2.45, 2.75) is 51.7 Å². The smallest absolute Gasteiger partial charge is 0.227 e. The number of ether oxygens (including phenoxy) is 2. The zero-order valence-corrected chi connectivity index (χ0v) is 22.9. The fourth-order valence-electron chi connectivity index (χ4n) is 6.14. The summed E-state index contributed by atoms with van der Waals surface area (Å²) in [6.07, 6.45) is 8.92. The molecular formula is C29H36FN7O3. The topological polar surface area (TPSA) is 109 Å². The highest BCUT2D eigenvalue weighted by Crippen LogP contribution is 2.49. The lowest BCUT2D eigenvalue weighted by atomic mass is 9.90. The quantitative estimate of drug-likeness (QED) is 0.410. The average molecular weight is 550 g/mol. The Bertz CT molecular complexity index is 1310. The van der Waals surface area contributed by atoms with Crippen LogP contribution in [0.15, 0.2) is 30.6 Å². The minimum atomic E-state index is -0.404. The maximum absolute atomic E-state index is 14.8. The van der Waals surface area contributed by atoms with Crippen molar-refractivity contribution in [2.75, 3.05) is 38.3 Å². The first-order chi connectivity index (χ1) is 19.6. The van der Waals surface area contributed by atoms with Crippen molar-refractivity contribution in [3.8, 4) is 5.75 Å². The summed E-state index contributed by atoms with van der Waals surface area (Å²) in [5.74, 6) is 2.97. The van der Waals surface area contributed by atoms with Gasteiger partial charge in [-0.1, -0.05) is 6.07 Å². The lowest BCUT2D eigenvalue weighted by molar-refractivity contribution is -0.131. The second-order valence-electron chi connectivity index (χ2n) is 11.2. The molecule has 212 valence electrons. The Balaban J connectivity index is 0.909. The lowest BCUT2D eigenvalue weighted by Crippen LogP contribution is -2.37. The Morgan fingerprint density at radius 2 is 1.93 bits per heavy atom. The Kier molecular flexibility index (Phi) is 7.90. The molecule has 11 heteroatoms. The summed E-state index contributed by atoms with van der Waals surface area (Å²) in [4.78, 5) is 25.7. The molecule has 0 spiro atoms. The van der Waals surface area contributed by atoms with E-state index in [1.165, 1.54) is 12.5 Å². The number of nitrogens with zero attached hydrogens (tertiary/aromatic N) is 6. The van der Waals surface area contributed by atoms with Gasteiger partial charge in [0.1, 0.15) is 17.3 Å². The van der Waals surface area contributed by atoms with Gasteiger partial charge >= 0.3 is 0 Å². The highest BCUT2D eigenvalue weighted by molar-refractivity contribution is 5.79. The van der Waals surface area contributed by atoms with Crippen molar-refractivity contribution in [3.63, 3.8) is 0 Å². The fraction of sp³-hybridized carbons (Fsp3) is 0.552. The summed E-state index contributed by atoms with van der Waals surface area (Å²) in [5.41, 5.74) is 3.05. The number of fused-ring (bicyclic) bond motifs is 1. The molecule has 3 aromatic rings. The van der Waals surface area contributed by atoms with E-state index in [0.717, 1.165) is 67.1 Å². The van der Waals surface area contributed by atoms with Gasteiger partial charge in [0.25, 0.3) is 0 Å². The Labute approximate surface area is 233 Å². The summed E-state index contributed by atoms with van der Waals surface area (Å²) in [6.45, 7) is 4.06. The lowest BCUT2D eigenvalue weighted by Gasteiger charge is -2.32. The number of carbonyl (C=O) groups is 1. The van der Waals surface area contributed by atoms with Crippen LogP contribution in [0.25, 0.3) is 0 Å². The molecule has 1 aliphatic carbocycles. The van der Waals surface area contributed by atoms with Gasteiger partial charge in [0.15, 0.2) is 0 Å². The summed E-state index contributed by atoms with van der Waals surface area (Å²) >= 11 is 0. The van der Waals surface area contributed by atoms with E-state index in [1.54, 1.807) is 24.1 Å². The number of H-pyrrole nitrogens is 1. The summed E-state index contributed by atoms with van der Waals surface area (Å²) < 4.78 is 25.8. The summed E-state index contributed by atoms with van der Waals surface area (Å²) in [6, 6.07) is 4.83. The predicted molar refractivity (Wildman–Crippen MR) is 145 cm³/mol. The number of aromatic nitrogens is 5. The van der Waals surface area contributed by atoms with E-state index in [0.29, 0.717) is 50.0 Å². The number of piperidine rings is 1. The number of hydrogen-bond donors (Lipinski definition) is 1. The van der Waals surface area contributed by atoms with Gasteiger partial charge in [-0.2, -0.15) is 15.4 Å². The monoisotopic (exact) mass is 549 g/mol. The Morgan fingerprint density at radius 3 is 2.70 bits per heavy atom. The van der Waals surface area contributed by atoms with E-state index in [-0.39, 0.29) is 12.3 Å². The normalized spacial score (nSPS) is 20.9. The van der Waals surface area contributed by atoms with Gasteiger partial charge < -0.3 is 19.3 Å². The zero-order valence-electron chi connectivity index (χ0n) is 22.9. The third kappa shape index (κ3) is 6.09. The van der Waals surface area contributed by atoms with Crippen LogP contribution in [0.5, 0.6) is 5.75 Å². The molecule has 2 aliphatic heterocycles. The number of halogens is 1. The molecule has 0 radical (unpaired) electrons. The van der Waals surface area contributed by atoms with Crippen molar-refractivity contribution >= 4 is 11.9 Å². The Morgan fingerprint density at radius 1 is 1.12 bits per heavy atom. The van der Waals surface area contributed by atoms with E-state index in [4.69, 9.17) is 9.47 Å². The second-order valence-corrected chi connectivity index (χ2v) is 11.2. The van der Waals surface area contributed by atoms with Crippen molar-refractivity contribution in [1.29, 1.82) is 0 Å². The zero-order chi connectivity index (χ0) is 27.5. The van der Waals surface area contributed by atoms with Crippen LogP contribution in [0.3, 0.4) is 0 Å². The maximum Gasteiger partial charge on any atom is 0.227 e. The molecule has 2 atom stereocenters. The fourth-order valence-corrected chi connectivity index (χ4v) is 6.14. The van der Waals surface area contributed by atoms with Crippen LogP contribution in [0.2, 0.25) is 0 Å². The molecule has 1 amide bonds. The summed E-state index contributed by atoms with van der Waals surface area (Å²) in [5, 5.41) is 10.8. The van der Waals surface area contributed by atoms with Crippen molar-refractivity contribution in [2.24, 2.45) is 17.8 Å². The van der Waals surface area contributed by atoms with Gasteiger partial charge in [-0.3, -0.25) is 4.79 Å². The van der Waals surface area contributed by atoms with Gasteiger partial charge in [0.2, 0.25) is 11.9 Å². The van der Waals surface area contributed by atoms with E-state index < -0.39 is 5.82 Å². The number of aromatic amines is 1. The van der Waals surface area contributed by atoms with E-state index in [1.807, 2.05) is 12.4 Å². The number of benzene rings is 1. The molecule has 1 aromatic carbocycles. The third-order valence-electron chi connectivity index (χ3n) is 8.55. The average Bonchev–Trinajstić information content (AvgIpc) is 3.59. The SMILES string of the molecule is COCc1cnc(N2CCC([C@@H]3C[C@@H]3CCOc3ccc(CC(=O)N4CCc5n[nH]nc5C4)c(F)c3)CC2)nc1. The van der Waals surface area contributed by atoms with Gasteiger partial charge in [-0.15, -0.1) is 0 Å². The number of carbonyl (C=O) groups excluding carboxylic acids is 1. The molecule has 1 saturated carbocycles. The van der Waals surface area contributed by atoms with E-state index in [9.17, 15) is 9.18 Å². The molecule has 1 saturated heterocycles. The standard InChI is InChI=1S/C29H36FN7O3/c1-39-18-19-15-31-29(32-16-19)36-8-4-20(5-9-36)24-12-21(24)7-11-40-23-3-2-22(25(30)14-23)13-28(38)37-10-6-26-27(17-37)34-35-33-26/h2-3,14-16,20-21,24H,4-13,17-18H2,1H3,(H,33,34,35)/t21-,24-/m0/s1. The first kappa shape index (κ1) is 26.6. The molecule has 1 N–H and O–H groups in total. The number of anilines is 1. The van der Waals surface area contributed by atoms with Gasteiger partial charge in [-0.25, -0.2) is 14.4 Å². The van der Waals surface area contributed by atoms with Crippen LogP contribution in [-0.4, -0.2) is 69.5 Å². The molecule has 2 aromatic heterocycles. The third-order valence-corrected chi connectivity index (χ3v) is 8.55. The number of rotatable bonds is 10. The largest absolute Gasteiger partial charge is 0.493 e. The molecule has 4 heterocycles. The van der Waals surface area contributed by atoms with Crippen LogP contribution in [0.1, 0.15) is 48.2 Å². The van der Waals surface area contributed by atoms with Gasteiger partial charge in [0, 0.05) is 57.2 Å². The first-order valence-corrected chi connectivity index (χ1v) is 14.2. The Hall–Kier alpha value is -3.60. The molecule has 3 aliphatic rings. The van der Waals surface area contributed by atoms with Crippen molar-refractivity contribution in [1.82, 2.24) is 30.3 Å². The van der Waals surface area contributed by atoms with Gasteiger partial charge in [-0.05, 0) is 55.1 Å². The molecule has 10 nitrogen and oxygen atoms in total. The van der Waals surface area contributed by atoms with E-state index >= 15 is 0 Å². The van der Waals surface area contributed by atoms with Crippen LogP contribution in [0, 0.1) is 23.6 Å². The number of nitrogens with one attached hydrogen (secondary N) is 1. The van der Waals surface area contributed by atoms with Crippen LogP contribution < -0.4 is 9.64 Å². The minimum Gasteiger partial charge on any atom is -0.493 e. The number of amides is 1. The number of methoxy groups -OCH3 is 1. The highest BCUT2D eigenvalue weighted by atomic mass is 19.1. The maximum atomic E-state index is 14.8. The molecule has 0 unspecified atom stereocenters.